The largest absolute Gasteiger partial charge is 0.493 e. The van der Waals surface area contributed by atoms with E-state index in [1.165, 1.54) is 23.0 Å². The van der Waals surface area contributed by atoms with E-state index in [1.54, 1.807) is 57.4 Å². The van der Waals surface area contributed by atoms with E-state index in [2.05, 4.69) is 27.0 Å². The van der Waals surface area contributed by atoms with E-state index in [4.69, 9.17) is 23.7 Å². The summed E-state index contributed by atoms with van der Waals surface area (Å²) in [4.78, 5) is 32.6. The van der Waals surface area contributed by atoms with Crippen LogP contribution in [0.1, 0.15) is 56.0 Å². The highest BCUT2D eigenvalue weighted by Crippen LogP contribution is 2.38. The molecule has 1 aromatic heterocycles. The summed E-state index contributed by atoms with van der Waals surface area (Å²) in [5, 5.41) is 9.44. The average Bonchev–Trinajstić information content (AvgIpc) is 3.36. The van der Waals surface area contributed by atoms with E-state index >= 15 is 0 Å². The zero-order valence-electron chi connectivity index (χ0n) is 27.3. The third-order valence-electron chi connectivity index (χ3n) is 7.44. The maximum absolute atomic E-state index is 14.2. The van der Waals surface area contributed by atoms with Crippen molar-refractivity contribution in [2.75, 3.05) is 20.8 Å². The van der Waals surface area contributed by atoms with Crippen LogP contribution in [0.2, 0.25) is 0 Å². The van der Waals surface area contributed by atoms with Crippen LogP contribution < -0.4 is 33.8 Å². The maximum atomic E-state index is 14.2. The molecular formula is C36H34BrN3O7S. The van der Waals surface area contributed by atoms with Gasteiger partial charge in [0.15, 0.2) is 27.8 Å². The molecule has 0 saturated carbocycles. The molecule has 3 aromatic carbocycles. The molecule has 5 rings (SSSR count). The Bertz CT molecular complexity index is 2130. The molecule has 1 atom stereocenters. The van der Waals surface area contributed by atoms with Crippen LogP contribution in [0.3, 0.4) is 0 Å². The Morgan fingerprint density at radius 3 is 2.54 bits per heavy atom. The topological polar surface area (TPSA) is 121 Å². The minimum atomic E-state index is -0.821. The second-order valence-corrected chi connectivity index (χ2v) is 12.8. The SMILES string of the molecule is CCOC(=O)C1=C(C)N=c2s/c(=C\c3cc(Br)c(OCc4ccccc4C#N)c(OC)c3)c(=O)n2[C@@H]1c1ccc(OC(C)C)c(OC)c1. The minimum Gasteiger partial charge on any atom is -0.493 e. The van der Waals surface area contributed by atoms with Gasteiger partial charge in [0.25, 0.3) is 5.56 Å². The molecule has 2 heterocycles. The number of allylic oxidation sites excluding steroid dienone is 1. The van der Waals surface area contributed by atoms with Crippen molar-refractivity contribution in [3.63, 3.8) is 0 Å². The number of benzene rings is 3. The number of nitrogens with zero attached hydrogens (tertiary/aromatic N) is 3. The molecule has 0 unspecified atom stereocenters. The fourth-order valence-electron chi connectivity index (χ4n) is 5.33. The number of methoxy groups -OCH3 is 2. The van der Waals surface area contributed by atoms with Crippen LogP contribution >= 0.6 is 27.3 Å². The van der Waals surface area contributed by atoms with Crippen molar-refractivity contribution in [1.82, 2.24) is 4.57 Å². The van der Waals surface area contributed by atoms with Gasteiger partial charge in [-0.25, -0.2) is 9.79 Å². The number of carbonyl (C=O) groups excluding carboxylic acids is 1. The molecule has 48 heavy (non-hydrogen) atoms. The van der Waals surface area contributed by atoms with Crippen molar-refractivity contribution in [1.29, 1.82) is 5.26 Å². The Labute approximate surface area is 290 Å². The van der Waals surface area contributed by atoms with Crippen molar-refractivity contribution >= 4 is 39.3 Å². The van der Waals surface area contributed by atoms with Crippen LogP contribution in [-0.2, 0) is 16.1 Å². The van der Waals surface area contributed by atoms with Gasteiger partial charge in [-0.3, -0.25) is 9.36 Å². The fraction of sp³-hybridized carbons (Fsp3) is 0.278. The molecule has 1 aliphatic rings. The van der Waals surface area contributed by atoms with Crippen molar-refractivity contribution in [3.8, 4) is 29.1 Å². The first kappa shape index (κ1) is 34.5. The highest BCUT2D eigenvalue weighted by molar-refractivity contribution is 9.10. The fourth-order valence-corrected chi connectivity index (χ4v) is 6.95. The number of carbonyl (C=O) groups is 1. The molecule has 0 spiro atoms. The van der Waals surface area contributed by atoms with Crippen molar-refractivity contribution < 1.29 is 28.5 Å². The molecule has 0 fully saturated rings. The molecule has 0 bridgehead atoms. The van der Waals surface area contributed by atoms with Crippen LogP contribution in [0.15, 0.2) is 80.1 Å². The molecule has 248 valence electrons. The molecule has 0 N–H and O–H groups in total. The van der Waals surface area contributed by atoms with Gasteiger partial charge in [0.05, 0.1) is 64.9 Å². The monoisotopic (exact) mass is 731 g/mol. The first-order valence-electron chi connectivity index (χ1n) is 15.1. The first-order valence-corrected chi connectivity index (χ1v) is 16.7. The molecule has 4 aromatic rings. The van der Waals surface area contributed by atoms with Crippen molar-refractivity contribution in [2.45, 2.75) is 46.4 Å². The van der Waals surface area contributed by atoms with E-state index in [-0.39, 0.29) is 30.5 Å². The van der Waals surface area contributed by atoms with Gasteiger partial charge in [0, 0.05) is 5.56 Å². The van der Waals surface area contributed by atoms with E-state index in [0.29, 0.717) is 59.2 Å². The van der Waals surface area contributed by atoms with Gasteiger partial charge in [-0.15, -0.1) is 0 Å². The third-order valence-corrected chi connectivity index (χ3v) is 9.01. The Morgan fingerprint density at radius 2 is 1.85 bits per heavy atom. The number of thiazole rings is 1. The normalized spacial score (nSPS) is 14.2. The molecule has 10 nitrogen and oxygen atoms in total. The number of fused-ring (bicyclic) bond motifs is 1. The molecule has 12 heteroatoms. The van der Waals surface area contributed by atoms with Crippen LogP contribution in [0.25, 0.3) is 6.08 Å². The summed E-state index contributed by atoms with van der Waals surface area (Å²) < 4.78 is 31.2. The number of esters is 1. The minimum absolute atomic E-state index is 0.0841. The summed E-state index contributed by atoms with van der Waals surface area (Å²) in [6, 6.07) is 17.5. The second-order valence-electron chi connectivity index (χ2n) is 11.0. The quantitative estimate of drug-likeness (QED) is 0.177. The number of halogens is 1. The standard InChI is InChI=1S/C36H34BrN3O7S/c1-7-45-35(42)31-21(4)39-36-40(32(31)23-12-13-27(47-20(2)3)28(17-23)43-5)34(41)30(48-36)16-22-14-26(37)33(29(15-22)44-6)46-19-25-11-9-8-10-24(25)18-38/h8-17,20,32H,7,19H2,1-6H3/b30-16-/t32-/m1/s1. The van der Waals surface area contributed by atoms with Gasteiger partial charge >= 0.3 is 5.97 Å². The number of rotatable bonds is 11. The van der Waals surface area contributed by atoms with Crippen LogP contribution in [0.5, 0.6) is 23.0 Å². The summed E-state index contributed by atoms with van der Waals surface area (Å²) in [5.41, 5.74) is 2.96. The van der Waals surface area contributed by atoms with Crippen LogP contribution in [-0.4, -0.2) is 37.5 Å². The number of hydrogen-bond acceptors (Lipinski definition) is 10. The highest BCUT2D eigenvalue weighted by Gasteiger charge is 2.34. The average molecular weight is 733 g/mol. The molecule has 0 saturated heterocycles. The summed E-state index contributed by atoms with van der Waals surface area (Å²) in [7, 11) is 3.07. The lowest BCUT2D eigenvalue weighted by molar-refractivity contribution is -0.139. The lowest BCUT2D eigenvalue weighted by atomic mass is 9.95. The van der Waals surface area contributed by atoms with Gasteiger partial charge in [-0.2, -0.15) is 5.26 Å². The van der Waals surface area contributed by atoms with Gasteiger partial charge in [-0.05, 0) is 91.2 Å². The van der Waals surface area contributed by atoms with E-state index in [1.807, 2.05) is 38.1 Å². The van der Waals surface area contributed by atoms with Crippen molar-refractivity contribution in [2.24, 2.45) is 4.99 Å². The van der Waals surface area contributed by atoms with Gasteiger partial charge in [-0.1, -0.05) is 35.6 Å². The Morgan fingerprint density at radius 1 is 1.10 bits per heavy atom. The maximum Gasteiger partial charge on any atom is 0.338 e. The smallest absolute Gasteiger partial charge is 0.338 e. The lowest BCUT2D eigenvalue weighted by Gasteiger charge is -2.25. The molecule has 0 radical (unpaired) electrons. The summed E-state index contributed by atoms with van der Waals surface area (Å²) >= 11 is 4.80. The Kier molecular flexibility index (Phi) is 10.7. The number of aromatic nitrogens is 1. The Hall–Kier alpha value is -4.86. The molecule has 0 amide bonds. The van der Waals surface area contributed by atoms with E-state index in [9.17, 15) is 14.9 Å². The number of nitriles is 1. The Balaban J connectivity index is 1.60. The molecular weight excluding hydrogens is 698 g/mol. The second kappa shape index (κ2) is 14.9. The van der Waals surface area contributed by atoms with Gasteiger partial charge < -0.3 is 23.7 Å². The summed E-state index contributed by atoms with van der Waals surface area (Å²) in [6.45, 7) is 7.63. The predicted octanol–water partition coefficient (Wildman–Crippen LogP) is 5.82. The first-order chi connectivity index (χ1) is 23.1. The molecule has 0 aliphatic carbocycles. The number of hydrogen-bond donors (Lipinski definition) is 0. The van der Waals surface area contributed by atoms with E-state index in [0.717, 1.165) is 5.56 Å². The number of ether oxygens (including phenoxy) is 5. The zero-order valence-corrected chi connectivity index (χ0v) is 29.7. The summed E-state index contributed by atoms with van der Waals surface area (Å²) in [6.07, 6.45) is 1.66. The van der Waals surface area contributed by atoms with Gasteiger partial charge in [0.1, 0.15) is 6.61 Å². The lowest BCUT2D eigenvalue weighted by Crippen LogP contribution is -2.40. The van der Waals surface area contributed by atoms with Crippen LogP contribution in [0, 0.1) is 11.3 Å². The third kappa shape index (κ3) is 7.02. The zero-order chi connectivity index (χ0) is 34.5. The van der Waals surface area contributed by atoms with Gasteiger partial charge in [0.2, 0.25) is 0 Å². The predicted molar refractivity (Wildman–Crippen MR) is 185 cm³/mol. The van der Waals surface area contributed by atoms with Crippen LogP contribution in [0.4, 0.5) is 0 Å². The van der Waals surface area contributed by atoms with Crippen molar-refractivity contribution in [3.05, 3.63) is 112 Å². The highest BCUT2D eigenvalue weighted by atomic mass is 79.9. The van der Waals surface area contributed by atoms with E-state index < -0.39 is 12.0 Å². The summed E-state index contributed by atoms with van der Waals surface area (Å²) in [5.74, 6) is 1.35. The molecule has 1 aliphatic heterocycles.